The lowest BCUT2D eigenvalue weighted by atomic mass is 10.0. The lowest BCUT2D eigenvalue weighted by Crippen LogP contribution is -2.54. The molecule has 0 aliphatic carbocycles. The maximum Gasteiger partial charge on any atom is 0.0912 e. The molecule has 1 aliphatic heterocycles. The minimum absolute atomic E-state index is 0.435. The number of hydrogen-bond donors (Lipinski definition) is 3. The molecular weight excluding hydrogens is 362 g/mol. The third-order valence-electron chi connectivity index (χ3n) is 5.53. The second-order valence-electron chi connectivity index (χ2n) is 8.02. The summed E-state index contributed by atoms with van der Waals surface area (Å²) in [4.78, 5) is 7.13. The van der Waals surface area contributed by atoms with E-state index in [-0.39, 0.29) is 0 Å². The van der Waals surface area contributed by atoms with Crippen molar-refractivity contribution in [3.8, 4) is 22.5 Å². The second-order valence-corrected chi connectivity index (χ2v) is 8.02. The number of nitrogens with zero attached hydrogens (tertiary/aromatic N) is 4. The lowest BCUT2D eigenvalue weighted by molar-refractivity contribution is 0.407. The van der Waals surface area contributed by atoms with E-state index < -0.39 is 0 Å². The van der Waals surface area contributed by atoms with Crippen molar-refractivity contribution in [1.82, 2.24) is 30.7 Å². The Kier molecular flexibility index (Phi) is 4.32. The molecule has 5 rings (SSSR count). The summed E-state index contributed by atoms with van der Waals surface area (Å²) in [5.74, 6) is 0. The maximum absolute atomic E-state index is 4.68. The van der Waals surface area contributed by atoms with Gasteiger partial charge in [-0.3, -0.25) is 15.2 Å². The van der Waals surface area contributed by atoms with Gasteiger partial charge in [0, 0.05) is 47.5 Å². The Morgan fingerprint density at radius 2 is 1.79 bits per heavy atom. The van der Waals surface area contributed by atoms with Gasteiger partial charge in [-0.1, -0.05) is 6.07 Å². The van der Waals surface area contributed by atoms with Crippen LogP contribution in [0.15, 0.2) is 42.7 Å². The highest BCUT2D eigenvalue weighted by Gasteiger charge is 2.24. The number of aromatic nitrogens is 5. The first-order valence-corrected chi connectivity index (χ1v) is 10.0. The largest absolute Gasteiger partial charge is 0.368 e. The van der Waals surface area contributed by atoms with Gasteiger partial charge in [0.1, 0.15) is 0 Å². The molecule has 4 aromatic rings. The Morgan fingerprint density at radius 3 is 2.59 bits per heavy atom. The molecule has 0 amide bonds. The zero-order valence-corrected chi connectivity index (χ0v) is 16.9. The minimum atomic E-state index is 0.435. The average Bonchev–Trinajstić information content (AvgIpc) is 3.35. The van der Waals surface area contributed by atoms with E-state index in [2.05, 4.69) is 61.6 Å². The Labute approximate surface area is 169 Å². The van der Waals surface area contributed by atoms with Crippen molar-refractivity contribution in [1.29, 1.82) is 0 Å². The van der Waals surface area contributed by atoms with E-state index in [0.29, 0.717) is 12.1 Å². The van der Waals surface area contributed by atoms with Crippen molar-refractivity contribution in [3.63, 3.8) is 0 Å². The van der Waals surface area contributed by atoms with Gasteiger partial charge in [0.05, 0.1) is 29.3 Å². The fourth-order valence-electron chi connectivity index (χ4n) is 4.36. The van der Waals surface area contributed by atoms with Crippen molar-refractivity contribution in [2.45, 2.75) is 32.9 Å². The van der Waals surface area contributed by atoms with E-state index in [1.54, 1.807) is 0 Å². The van der Waals surface area contributed by atoms with Crippen molar-refractivity contribution in [2.75, 3.05) is 18.0 Å². The summed E-state index contributed by atoms with van der Waals surface area (Å²) >= 11 is 0. The number of piperazine rings is 1. The Morgan fingerprint density at radius 1 is 1.00 bits per heavy atom. The fourth-order valence-corrected chi connectivity index (χ4v) is 4.36. The predicted molar refractivity (Wildman–Crippen MR) is 116 cm³/mol. The maximum atomic E-state index is 4.68. The van der Waals surface area contributed by atoms with Gasteiger partial charge in [-0.2, -0.15) is 10.2 Å². The van der Waals surface area contributed by atoms with Crippen LogP contribution in [0.4, 0.5) is 5.69 Å². The van der Waals surface area contributed by atoms with E-state index in [9.17, 15) is 0 Å². The van der Waals surface area contributed by atoms with Crippen LogP contribution in [0.2, 0.25) is 0 Å². The van der Waals surface area contributed by atoms with Gasteiger partial charge in [0.15, 0.2) is 0 Å². The number of rotatable bonds is 3. The molecule has 4 heterocycles. The quantitative estimate of drug-likeness (QED) is 0.501. The van der Waals surface area contributed by atoms with Crippen LogP contribution in [0, 0.1) is 6.92 Å². The number of aromatic amines is 2. The molecule has 29 heavy (non-hydrogen) atoms. The van der Waals surface area contributed by atoms with Gasteiger partial charge < -0.3 is 10.2 Å². The SMILES string of the molecule is Cc1cccc(-c2[nH]ncc2-c2cc(N3C[C@@H](C)N[C@@H](C)C3)c3cn[nH]c3c2)n1. The van der Waals surface area contributed by atoms with Crippen LogP contribution in [-0.2, 0) is 0 Å². The van der Waals surface area contributed by atoms with E-state index >= 15 is 0 Å². The fraction of sp³-hybridized carbons (Fsp3) is 0.318. The van der Waals surface area contributed by atoms with E-state index in [4.69, 9.17) is 0 Å². The summed E-state index contributed by atoms with van der Waals surface area (Å²) in [6.45, 7) is 8.39. The molecule has 0 spiro atoms. The summed E-state index contributed by atoms with van der Waals surface area (Å²) in [6.07, 6.45) is 3.80. The van der Waals surface area contributed by atoms with Crippen molar-refractivity contribution < 1.29 is 0 Å². The smallest absolute Gasteiger partial charge is 0.0912 e. The summed E-state index contributed by atoms with van der Waals surface area (Å²) in [7, 11) is 0. The normalized spacial score (nSPS) is 19.8. The van der Waals surface area contributed by atoms with Gasteiger partial charge in [-0.15, -0.1) is 0 Å². The topological polar surface area (TPSA) is 85.5 Å². The number of H-pyrrole nitrogens is 2. The molecule has 1 aliphatic rings. The van der Waals surface area contributed by atoms with Gasteiger partial charge in [-0.05, 0) is 50.6 Å². The first kappa shape index (κ1) is 17.9. The summed E-state index contributed by atoms with van der Waals surface area (Å²) < 4.78 is 0. The molecule has 1 saturated heterocycles. The Bertz CT molecular complexity index is 1150. The van der Waals surface area contributed by atoms with E-state index in [1.807, 2.05) is 37.5 Å². The van der Waals surface area contributed by atoms with Gasteiger partial charge in [0.25, 0.3) is 0 Å². The molecule has 1 fully saturated rings. The van der Waals surface area contributed by atoms with Crippen LogP contribution >= 0.6 is 0 Å². The Balaban J connectivity index is 1.64. The lowest BCUT2D eigenvalue weighted by Gasteiger charge is -2.38. The van der Waals surface area contributed by atoms with Crippen LogP contribution < -0.4 is 10.2 Å². The highest BCUT2D eigenvalue weighted by molar-refractivity contribution is 5.97. The van der Waals surface area contributed by atoms with Gasteiger partial charge >= 0.3 is 0 Å². The number of benzene rings is 1. The van der Waals surface area contributed by atoms with Crippen LogP contribution in [0.3, 0.4) is 0 Å². The van der Waals surface area contributed by atoms with Crippen LogP contribution in [-0.4, -0.2) is 50.6 Å². The molecule has 148 valence electrons. The number of nitrogens with one attached hydrogen (secondary N) is 3. The first-order valence-electron chi connectivity index (χ1n) is 10.0. The second kappa shape index (κ2) is 7.00. The van der Waals surface area contributed by atoms with Gasteiger partial charge in [0.2, 0.25) is 0 Å². The van der Waals surface area contributed by atoms with Gasteiger partial charge in [-0.25, -0.2) is 0 Å². The molecule has 3 aromatic heterocycles. The minimum Gasteiger partial charge on any atom is -0.368 e. The summed E-state index contributed by atoms with van der Waals surface area (Å²) in [6, 6.07) is 11.3. The highest BCUT2D eigenvalue weighted by atomic mass is 15.2. The molecule has 0 bridgehead atoms. The Hall–Kier alpha value is -3.19. The zero-order valence-electron chi connectivity index (χ0n) is 16.9. The third-order valence-corrected chi connectivity index (χ3v) is 5.53. The van der Waals surface area contributed by atoms with Crippen LogP contribution in [0.25, 0.3) is 33.4 Å². The number of aryl methyl sites for hydroxylation is 1. The molecule has 3 N–H and O–H groups in total. The van der Waals surface area contributed by atoms with E-state index in [1.165, 1.54) is 5.69 Å². The predicted octanol–water partition coefficient (Wildman–Crippen LogP) is 3.51. The molecule has 1 aromatic carbocycles. The molecular formula is C22H25N7. The summed E-state index contributed by atoms with van der Waals surface area (Å²) in [5, 5.41) is 19.7. The number of fused-ring (bicyclic) bond motifs is 1. The van der Waals surface area contributed by atoms with Crippen molar-refractivity contribution in [3.05, 3.63) is 48.4 Å². The number of pyridine rings is 1. The molecule has 0 unspecified atom stereocenters. The van der Waals surface area contributed by atoms with Crippen molar-refractivity contribution in [2.24, 2.45) is 0 Å². The van der Waals surface area contributed by atoms with Crippen molar-refractivity contribution >= 4 is 16.6 Å². The first-order chi connectivity index (χ1) is 14.1. The number of anilines is 1. The molecule has 0 saturated carbocycles. The average molecular weight is 387 g/mol. The molecule has 7 heteroatoms. The number of hydrogen-bond acceptors (Lipinski definition) is 5. The third kappa shape index (κ3) is 3.27. The highest BCUT2D eigenvalue weighted by Crippen LogP contribution is 2.36. The molecule has 2 atom stereocenters. The molecule has 0 radical (unpaired) electrons. The summed E-state index contributed by atoms with van der Waals surface area (Å²) in [5.41, 5.74) is 7.18. The van der Waals surface area contributed by atoms with E-state index in [0.717, 1.165) is 52.2 Å². The standard InChI is InChI=1S/C22H25N7/c1-13-5-4-6-19(26-13)22-17(9-24-28-22)16-7-20-18(10-23-27-20)21(8-16)29-11-14(2)25-15(3)12-29/h4-10,14-15,25H,11-12H2,1-3H3,(H,23,27)(H,24,28)/t14-,15+. The van der Waals surface area contributed by atoms with Crippen LogP contribution in [0.1, 0.15) is 19.5 Å². The zero-order chi connectivity index (χ0) is 20.0. The monoisotopic (exact) mass is 387 g/mol. The molecule has 7 nitrogen and oxygen atoms in total. The van der Waals surface area contributed by atoms with Crippen LogP contribution in [0.5, 0.6) is 0 Å².